The fraction of sp³-hybridized carbons (Fsp3) is 0.318. The number of urea groups is 1. The Morgan fingerprint density at radius 3 is 2.69 bits per heavy atom. The van der Waals surface area contributed by atoms with Crippen LogP contribution in [-0.4, -0.2) is 43.1 Å². The number of furan rings is 1. The van der Waals surface area contributed by atoms with E-state index in [-0.39, 0.29) is 29.9 Å². The Morgan fingerprint density at radius 2 is 2.03 bits per heavy atom. The number of hydrogen-bond donors (Lipinski definition) is 1. The van der Waals surface area contributed by atoms with Gasteiger partial charge in [0.05, 0.1) is 26.9 Å². The van der Waals surface area contributed by atoms with Crippen molar-refractivity contribution in [3.05, 3.63) is 52.1 Å². The molecule has 9 nitrogen and oxygen atoms in total. The quantitative estimate of drug-likeness (QED) is 0.359. The lowest BCUT2D eigenvalue weighted by Gasteiger charge is -2.18. The highest BCUT2D eigenvalue weighted by molar-refractivity contribution is 6.31. The van der Waals surface area contributed by atoms with E-state index in [4.69, 9.17) is 25.5 Å². The third-order valence-corrected chi connectivity index (χ3v) is 5.00. The van der Waals surface area contributed by atoms with Crippen molar-refractivity contribution < 1.29 is 33.0 Å². The topological polar surface area (TPSA) is 107 Å². The van der Waals surface area contributed by atoms with Gasteiger partial charge in [-0.15, -0.1) is 0 Å². The van der Waals surface area contributed by atoms with Crippen molar-refractivity contribution in [1.29, 1.82) is 0 Å². The van der Waals surface area contributed by atoms with Crippen molar-refractivity contribution in [2.24, 2.45) is 0 Å². The molecular weight excluding hydrogens is 440 g/mol. The number of nitrogens with one attached hydrogen (secondary N) is 1. The summed E-state index contributed by atoms with van der Waals surface area (Å²) in [7, 11) is 2.71. The number of esters is 1. The molecule has 0 bridgehead atoms. The van der Waals surface area contributed by atoms with Crippen LogP contribution >= 0.6 is 11.6 Å². The Kier molecular flexibility index (Phi) is 7.09. The van der Waals surface area contributed by atoms with Crippen molar-refractivity contribution in [3.8, 4) is 11.5 Å². The molecule has 0 saturated carbocycles. The number of carbonyl (C=O) groups excluding carboxylic acids is 3. The minimum atomic E-state index is -0.655. The second-order valence-electron chi connectivity index (χ2n) is 7.00. The third kappa shape index (κ3) is 4.88. The van der Waals surface area contributed by atoms with Gasteiger partial charge in [0.25, 0.3) is 5.91 Å². The van der Waals surface area contributed by atoms with E-state index in [0.29, 0.717) is 22.1 Å². The molecule has 1 aromatic carbocycles. The van der Waals surface area contributed by atoms with E-state index in [2.05, 4.69) is 10.1 Å². The van der Waals surface area contributed by atoms with E-state index in [9.17, 15) is 14.4 Å². The van der Waals surface area contributed by atoms with Crippen LogP contribution in [0.1, 0.15) is 42.1 Å². The number of benzene rings is 1. The summed E-state index contributed by atoms with van der Waals surface area (Å²) >= 11 is 6.20. The van der Waals surface area contributed by atoms with E-state index in [1.54, 1.807) is 12.1 Å². The SMILES string of the molecule is CC[C@H](C)Oc1c(/C=C2/NC(=O)N(Cc3ccc(C(=O)OC)o3)C2=O)cc(Cl)cc1OC. The number of imide groups is 1. The van der Waals surface area contributed by atoms with Crippen molar-refractivity contribution >= 4 is 35.6 Å². The van der Waals surface area contributed by atoms with Crippen LogP contribution in [0.2, 0.25) is 5.02 Å². The van der Waals surface area contributed by atoms with Gasteiger partial charge in [-0.2, -0.15) is 0 Å². The number of halogens is 1. The van der Waals surface area contributed by atoms with Crippen LogP contribution in [-0.2, 0) is 16.1 Å². The molecule has 2 aromatic rings. The molecule has 3 amide bonds. The maximum Gasteiger partial charge on any atom is 0.373 e. The van der Waals surface area contributed by atoms with Gasteiger partial charge >= 0.3 is 12.0 Å². The Labute approximate surface area is 189 Å². The van der Waals surface area contributed by atoms with E-state index in [1.807, 2.05) is 13.8 Å². The molecule has 1 fully saturated rings. The average molecular weight is 463 g/mol. The summed E-state index contributed by atoms with van der Waals surface area (Å²) in [4.78, 5) is 37.8. The van der Waals surface area contributed by atoms with E-state index >= 15 is 0 Å². The average Bonchev–Trinajstić information content (AvgIpc) is 3.35. The van der Waals surface area contributed by atoms with Crippen LogP contribution in [0.3, 0.4) is 0 Å². The van der Waals surface area contributed by atoms with E-state index in [0.717, 1.165) is 11.3 Å². The van der Waals surface area contributed by atoms with Gasteiger partial charge in [-0.3, -0.25) is 9.69 Å². The molecule has 1 aliphatic heterocycles. The zero-order valence-corrected chi connectivity index (χ0v) is 18.8. The van der Waals surface area contributed by atoms with Gasteiger partial charge in [0.1, 0.15) is 11.5 Å². The van der Waals surface area contributed by atoms with Gasteiger partial charge < -0.3 is 23.9 Å². The summed E-state index contributed by atoms with van der Waals surface area (Å²) in [6.07, 6.45) is 2.12. The van der Waals surface area contributed by atoms with Crippen LogP contribution in [0.4, 0.5) is 4.79 Å². The van der Waals surface area contributed by atoms with Crippen LogP contribution in [0.25, 0.3) is 6.08 Å². The molecule has 10 heteroatoms. The number of amides is 3. The second-order valence-corrected chi connectivity index (χ2v) is 7.44. The lowest BCUT2D eigenvalue weighted by Crippen LogP contribution is -2.30. The molecule has 1 aliphatic rings. The van der Waals surface area contributed by atoms with Crippen molar-refractivity contribution in [1.82, 2.24) is 10.2 Å². The normalized spacial score (nSPS) is 15.7. The first-order chi connectivity index (χ1) is 15.3. The highest BCUT2D eigenvalue weighted by Gasteiger charge is 2.35. The van der Waals surface area contributed by atoms with Gasteiger partial charge in [0, 0.05) is 16.7 Å². The highest BCUT2D eigenvalue weighted by Crippen LogP contribution is 2.37. The number of rotatable bonds is 8. The Morgan fingerprint density at radius 1 is 1.28 bits per heavy atom. The molecular formula is C22H23ClN2O7. The van der Waals surface area contributed by atoms with Crippen molar-refractivity contribution in [3.63, 3.8) is 0 Å². The van der Waals surface area contributed by atoms with E-state index in [1.165, 1.54) is 32.4 Å². The highest BCUT2D eigenvalue weighted by atomic mass is 35.5. The van der Waals surface area contributed by atoms with Gasteiger partial charge in [0.2, 0.25) is 5.76 Å². The molecule has 1 atom stereocenters. The summed E-state index contributed by atoms with van der Waals surface area (Å²) in [5.41, 5.74) is 0.513. The van der Waals surface area contributed by atoms with Crippen LogP contribution in [0, 0.1) is 0 Å². The molecule has 0 aliphatic carbocycles. The van der Waals surface area contributed by atoms with Gasteiger partial charge in [-0.1, -0.05) is 18.5 Å². The maximum absolute atomic E-state index is 12.9. The summed E-state index contributed by atoms with van der Waals surface area (Å²) in [6.45, 7) is 3.72. The minimum absolute atomic E-state index is 0.0248. The first kappa shape index (κ1) is 23.2. The molecule has 2 heterocycles. The lowest BCUT2D eigenvalue weighted by molar-refractivity contribution is -0.123. The van der Waals surface area contributed by atoms with Gasteiger partial charge in [-0.25, -0.2) is 9.59 Å². The molecule has 3 rings (SSSR count). The Balaban J connectivity index is 1.89. The second kappa shape index (κ2) is 9.78. The summed E-state index contributed by atoms with van der Waals surface area (Å²) in [5.74, 6) is -0.182. The third-order valence-electron chi connectivity index (χ3n) is 4.79. The molecule has 1 N–H and O–H groups in total. The molecule has 0 radical (unpaired) electrons. The van der Waals surface area contributed by atoms with Crippen LogP contribution in [0.5, 0.6) is 11.5 Å². The molecule has 32 heavy (non-hydrogen) atoms. The number of methoxy groups -OCH3 is 2. The summed E-state index contributed by atoms with van der Waals surface area (Å²) < 4.78 is 21.3. The number of hydrogen-bond acceptors (Lipinski definition) is 7. The Bertz CT molecular complexity index is 1080. The molecule has 0 spiro atoms. The summed E-state index contributed by atoms with van der Waals surface area (Å²) in [5, 5.41) is 2.92. The van der Waals surface area contributed by atoms with Crippen LogP contribution < -0.4 is 14.8 Å². The first-order valence-electron chi connectivity index (χ1n) is 9.83. The fourth-order valence-electron chi connectivity index (χ4n) is 2.96. The monoisotopic (exact) mass is 462 g/mol. The predicted octanol–water partition coefficient (Wildman–Crippen LogP) is 4.00. The lowest BCUT2D eigenvalue weighted by atomic mass is 10.1. The van der Waals surface area contributed by atoms with Gasteiger partial charge in [0.15, 0.2) is 11.5 Å². The zero-order chi connectivity index (χ0) is 23.4. The molecule has 1 saturated heterocycles. The zero-order valence-electron chi connectivity index (χ0n) is 18.1. The number of ether oxygens (including phenoxy) is 3. The fourth-order valence-corrected chi connectivity index (χ4v) is 3.17. The standard InChI is InChI=1S/C22H23ClN2O7/c1-5-12(2)31-19-13(8-14(23)10-18(19)29-3)9-16-20(26)25(22(28)24-16)11-15-6-7-17(32-15)21(27)30-4/h6-10,12H,5,11H2,1-4H3,(H,24,28)/b16-9+/t12-/m0/s1. The van der Waals surface area contributed by atoms with Crippen molar-refractivity contribution in [2.45, 2.75) is 32.9 Å². The largest absolute Gasteiger partial charge is 0.493 e. The smallest absolute Gasteiger partial charge is 0.373 e. The molecule has 170 valence electrons. The Hall–Kier alpha value is -3.46. The van der Waals surface area contributed by atoms with Crippen LogP contribution in [0.15, 0.2) is 34.4 Å². The molecule has 1 aromatic heterocycles. The van der Waals surface area contributed by atoms with Gasteiger partial charge in [-0.05, 0) is 37.6 Å². The van der Waals surface area contributed by atoms with Crippen molar-refractivity contribution in [2.75, 3.05) is 14.2 Å². The molecule has 0 unspecified atom stereocenters. The van der Waals surface area contributed by atoms with E-state index < -0.39 is 17.9 Å². The number of nitrogens with zero attached hydrogens (tertiary/aromatic N) is 1. The predicted molar refractivity (Wildman–Crippen MR) is 115 cm³/mol. The number of carbonyl (C=O) groups is 3. The maximum atomic E-state index is 12.9. The summed E-state index contributed by atoms with van der Waals surface area (Å²) in [6, 6.07) is 5.50. The minimum Gasteiger partial charge on any atom is -0.493 e. The first-order valence-corrected chi connectivity index (χ1v) is 10.2.